The minimum Gasteiger partial charge on any atom is -0.444 e. The molecule has 1 aliphatic rings. The van der Waals surface area contributed by atoms with E-state index >= 15 is 0 Å². The Labute approximate surface area is 179 Å². The van der Waals surface area contributed by atoms with E-state index in [-0.39, 0.29) is 6.42 Å². The van der Waals surface area contributed by atoms with E-state index in [9.17, 15) is 18.4 Å². The van der Waals surface area contributed by atoms with Crippen molar-refractivity contribution in [3.63, 3.8) is 0 Å². The highest BCUT2D eigenvalue weighted by molar-refractivity contribution is 6.30. The second-order valence-electron chi connectivity index (χ2n) is 8.40. The lowest BCUT2D eigenvalue weighted by molar-refractivity contribution is -0.121. The maximum Gasteiger partial charge on any atom is 0.408 e. The Balaban J connectivity index is 1.93. The predicted octanol–water partition coefficient (Wildman–Crippen LogP) is 5.03. The number of amides is 2. The Morgan fingerprint density at radius 3 is 2.23 bits per heavy atom. The van der Waals surface area contributed by atoms with Crippen LogP contribution < -0.4 is 10.2 Å². The molecule has 0 aromatic heterocycles. The number of nitrogens with one attached hydrogen (secondary N) is 1. The standard InChI is InChI=1S/C22H23ClF2N2O3/c1-21(2,3)30-20(29)26-22(12-18(22)13-9-15(24)11-16(25)10-13)19(28)27(4)17-7-5-14(23)6-8-17/h5-11,18H,12H2,1-4H3,(H,26,29). The first-order chi connectivity index (χ1) is 13.9. The number of hydrogen-bond donors (Lipinski definition) is 1. The molecule has 1 saturated carbocycles. The van der Waals surface area contributed by atoms with Gasteiger partial charge in [0.15, 0.2) is 0 Å². The zero-order valence-electron chi connectivity index (χ0n) is 17.1. The third-order valence-electron chi connectivity index (χ3n) is 4.87. The number of likely N-dealkylation sites (N-methyl/N-ethyl adjacent to an activating group) is 1. The Morgan fingerprint density at radius 2 is 1.70 bits per heavy atom. The molecule has 160 valence electrons. The summed E-state index contributed by atoms with van der Waals surface area (Å²) < 4.78 is 32.8. The number of carbonyl (C=O) groups is 2. The van der Waals surface area contributed by atoms with Crippen molar-refractivity contribution in [3.8, 4) is 0 Å². The van der Waals surface area contributed by atoms with Crippen LogP contribution in [0.3, 0.4) is 0 Å². The van der Waals surface area contributed by atoms with E-state index in [1.807, 2.05) is 0 Å². The molecule has 0 radical (unpaired) electrons. The highest BCUT2D eigenvalue weighted by Crippen LogP contribution is 2.53. The number of halogens is 3. The molecular weight excluding hydrogens is 414 g/mol. The van der Waals surface area contributed by atoms with Crippen LogP contribution in [-0.4, -0.2) is 30.2 Å². The Bertz CT molecular complexity index is 955. The average molecular weight is 437 g/mol. The van der Waals surface area contributed by atoms with Crippen LogP contribution in [0.1, 0.15) is 38.7 Å². The van der Waals surface area contributed by atoms with Gasteiger partial charge in [0.1, 0.15) is 22.8 Å². The minimum absolute atomic E-state index is 0.186. The van der Waals surface area contributed by atoms with Crippen molar-refractivity contribution in [2.24, 2.45) is 0 Å². The lowest BCUT2D eigenvalue weighted by atomic mass is 10.0. The monoisotopic (exact) mass is 436 g/mol. The maximum atomic E-state index is 13.8. The van der Waals surface area contributed by atoms with Crippen LogP contribution in [0.15, 0.2) is 42.5 Å². The highest BCUT2D eigenvalue weighted by Gasteiger charge is 2.63. The first kappa shape index (κ1) is 22.0. The van der Waals surface area contributed by atoms with Gasteiger partial charge in [-0.3, -0.25) is 4.79 Å². The molecule has 0 saturated heterocycles. The van der Waals surface area contributed by atoms with Gasteiger partial charge >= 0.3 is 6.09 Å². The molecule has 8 heteroatoms. The molecule has 2 amide bonds. The number of rotatable bonds is 4. The van der Waals surface area contributed by atoms with E-state index in [0.29, 0.717) is 16.3 Å². The molecule has 2 aromatic rings. The zero-order valence-corrected chi connectivity index (χ0v) is 17.9. The van der Waals surface area contributed by atoms with Crippen molar-refractivity contribution in [3.05, 3.63) is 64.7 Å². The Hall–Kier alpha value is -2.67. The fraction of sp³-hybridized carbons (Fsp3) is 0.364. The molecule has 1 fully saturated rings. The zero-order chi connectivity index (χ0) is 22.3. The fourth-order valence-corrected chi connectivity index (χ4v) is 3.56. The maximum absolute atomic E-state index is 13.8. The normalized spacial score (nSPS) is 20.4. The lowest BCUT2D eigenvalue weighted by Gasteiger charge is -2.27. The molecule has 0 aliphatic heterocycles. The Morgan fingerprint density at radius 1 is 1.13 bits per heavy atom. The second kappa shape index (κ2) is 7.87. The van der Waals surface area contributed by atoms with Crippen molar-refractivity contribution in [1.82, 2.24) is 5.32 Å². The van der Waals surface area contributed by atoms with Crippen LogP contribution in [0, 0.1) is 11.6 Å². The average Bonchev–Trinajstić information content (AvgIpc) is 3.34. The predicted molar refractivity (Wildman–Crippen MR) is 111 cm³/mol. The number of anilines is 1. The van der Waals surface area contributed by atoms with Gasteiger partial charge in [0.25, 0.3) is 5.91 Å². The minimum atomic E-state index is -1.38. The van der Waals surface area contributed by atoms with Crippen LogP contribution in [0.4, 0.5) is 19.3 Å². The molecular formula is C22H23ClF2N2O3. The molecule has 2 aromatic carbocycles. The lowest BCUT2D eigenvalue weighted by Crippen LogP contribution is -2.52. The summed E-state index contributed by atoms with van der Waals surface area (Å²) in [5.74, 6) is -2.52. The number of hydrogen-bond acceptors (Lipinski definition) is 3. The van der Waals surface area contributed by atoms with Gasteiger partial charge in [-0.05, 0) is 69.2 Å². The first-order valence-corrected chi connectivity index (χ1v) is 9.80. The smallest absolute Gasteiger partial charge is 0.408 e. The molecule has 0 bridgehead atoms. The highest BCUT2D eigenvalue weighted by atomic mass is 35.5. The van der Waals surface area contributed by atoms with Crippen molar-refractivity contribution in [2.45, 2.75) is 44.2 Å². The van der Waals surface area contributed by atoms with Crippen LogP contribution in [-0.2, 0) is 9.53 Å². The van der Waals surface area contributed by atoms with E-state index in [2.05, 4.69) is 5.32 Å². The van der Waals surface area contributed by atoms with Crippen LogP contribution >= 0.6 is 11.6 Å². The summed E-state index contributed by atoms with van der Waals surface area (Å²) in [7, 11) is 1.56. The molecule has 2 atom stereocenters. The van der Waals surface area contributed by atoms with Crippen molar-refractivity contribution in [1.29, 1.82) is 0 Å². The van der Waals surface area contributed by atoms with E-state index in [1.165, 1.54) is 17.0 Å². The third kappa shape index (κ3) is 4.73. The summed E-state index contributed by atoms with van der Waals surface area (Å²) in [5, 5.41) is 3.16. The summed E-state index contributed by atoms with van der Waals surface area (Å²) >= 11 is 5.91. The largest absolute Gasteiger partial charge is 0.444 e. The number of ether oxygens (including phenoxy) is 1. The third-order valence-corrected chi connectivity index (χ3v) is 5.12. The molecule has 3 rings (SSSR count). The summed E-state index contributed by atoms with van der Waals surface area (Å²) in [6.07, 6.45) is -0.592. The Kier molecular flexibility index (Phi) is 5.78. The van der Waals surface area contributed by atoms with E-state index < -0.39 is 40.7 Å². The molecule has 30 heavy (non-hydrogen) atoms. The quantitative estimate of drug-likeness (QED) is 0.731. The first-order valence-electron chi connectivity index (χ1n) is 9.42. The van der Waals surface area contributed by atoms with E-state index in [0.717, 1.165) is 6.07 Å². The molecule has 1 N–H and O–H groups in total. The van der Waals surface area contributed by atoms with E-state index in [4.69, 9.17) is 16.3 Å². The van der Waals surface area contributed by atoms with Gasteiger partial charge < -0.3 is 15.0 Å². The van der Waals surface area contributed by atoms with Gasteiger partial charge in [0.2, 0.25) is 0 Å². The van der Waals surface area contributed by atoms with Gasteiger partial charge in [-0.15, -0.1) is 0 Å². The summed E-state index contributed by atoms with van der Waals surface area (Å²) in [5.41, 5.74) is -1.30. The van der Waals surface area contributed by atoms with Crippen molar-refractivity contribution < 1.29 is 23.1 Å². The van der Waals surface area contributed by atoms with Crippen molar-refractivity contribution >= 4 is 29.3 Å². The van der Waals surface area contributed by atoms with Gasteiger partial charge in [-0.1, -0.05) is 11.6 Å². The number of benzene rings is 2. The van der Waals surface area contributed by atoms with Gasteiger partial charge in [0, 0.05) is 29.7 Å². The number of nitrogens with zero attached hydrogens (tertiary/aromatic N) is 1. The molecule has 2 unspecified atom stereocenters. The van der Waals surface area contributed by atoms with Crippen LogP contribution in [0.25, 0.3) is 0 Å². The van der Waals surface area contributed by atoms with Crippen molar-refractivity contribution in [2.75, 3.05) is 11.9 Å². The summed E-state index contributed by atoms with van der Waals surface area (Å²) in [4.78, 5) is 27.2. The summed E-state index contributed by atoms with van der Waals surface area (Å²) in [6, 6.07) is 9.71. The SMILES string of the molecule is CN(C(=O)C1(NC(=O)OC(C)(C)C)CC1c1cc(F)cc(F)c1)c1ccc(Cl)cc1. The second-order valence-corrected chi connectivity index (χ2v) is 8.83. The molecule has 1 aliphatic carbocycles. The number of alkyl carbamates (subject to hydrolysis) is 1. The van der Waals surface area contributed by atoms with E-state index in [1.54, 1.807) is 52.1 Å². The number of carbonyl (C=O) groups excluding carboxylic acids is 2. The van der Waals surface area contributed by atoms with Crippen LogP contribution in [0.5, 0.6) is 0 Å². The van der Waals surface area contributed by atoms with Crippen LogP contribution in [0.2, 0.25) is 5.02 Å². The molecule has 5 nitrogen and oxygen atoms in total. The van der Waals surface area contributed by atoms with Gasteiger partial charge in [-0.2, -0.15) is 0 Å². The topological polar surface area (TPSA) is 58.6 Å². The summed E-state index contributed by atoms with van der Waals surface area (Å²) in [6.45, 7) is 5.10. The van der Waals surface area contributed by atoms with Gasteiger partial charge in [0.05, 0.1) is 0 Å². The fourth-order valence-electron chi connectivity index (χ4n) is 3.44. The van der Waals surface area contributed by atoms with Gasteiger partial charge in [-0.25, -0.2) is 13.6 Å². The molecule has 0 heterocycles. The molecule has 0 spiro atoms.